The molecule has 2 aromatic carbocycles. The number of aromatic nitrogens is 1. The van der Waals surface area contributed by atoms with Crippen LogP contribution in [-0.4, -0.2) is 73.6 Å². The molecule has 3 aromatic rings. The number of alkyl halides is 1. The summed E-state index contributed by atoms with van der Waals surface area (Å²) in [5.41, 5.74) is 2.49. The van der Waals surface area contributed by atoms with E-state index < -0.39 is 22.2 Å². The summed E-state index contributed by atoms with van der Waals surface area (Å²) in [5.74, 6) is -0.771. The van der Waals surface area contributed by atoms with Crippen LogP contribution >= 0.6 is 0 Å². The van der Waals surface area contributed by atoms with Crippen molar-refractivity contribution in [3.8, 4) is 0 Å². The normalized spacial score (nSPS) is 23.2. The maximum atomic E-state index is 14.1. The predicted molar refractivity (Wildman–Crippen MR) is 167 cm³/mol. The number of aromatic amines is 1. The Labute approximate surface area is 258 Å². The van der Waals surface area contributed by atoms with Crippen LogP contribution in [-0.2, 0) is 26.2 Å². The molecule has 0 bridgehead atoms. The molecule has 0 unspecified atom stereocenters. The number of hydrogen-bond donors (Lipinski definition) is 2. The van der Waals surface area contributed by atoms with Crippen LogP contribution in [0.2, 0.25) is 0 Å². The van der Waals surface area contributed by atoms with Crippen molar-refractivity contribution < 1.29 is 27.2 Å². The molecule has 2 N–H and O–H groups in total. The minimum atomic E-state index is -3.95. The number of fused-ring (bicyclic) bond motifs is 1. The van der Waals surface area contributed by atoms with Crippen LogP contribution in [0.4, 0.5) is 4.39 Å². The second kappa shape index (κ2) is 13.2. The molecule has 1 aliphatic carbocycles. The van der Waals surface area contributed by atoms with Gasteiger partial charge >= 0.3 is 10.2 Å². The fourth-order valence-corrected chi connectivity index (χ4v) is 7.29. The molecule has 0 radical (unpaired) electrons. The number of nitrogens with one attached hydrogen (secondary N) is 2. The fourth-order valence-electron chi connectivity index (χ4n) is 6.77. The Morgan fingerprint density at radius 3 is 2.39 bits per heavy atom. The largest absolute Gasteiger partial charge is 0.350 e. The molecular formula is C33H41FN4O5S. The highest BCUT2D eigenvalue weighted by molar-refractivity contribution is 7.87. The number of carbonyl (C=O) groups excluding carboxylic acids is 3. The quantitative estimate of drug-likeness (QED) is 0.342. The molecule has 2 heterocycles. The Hall–Kier alpha value is -3.57. The van der Waals surface area contributed by atoms with E-state index in [1.165, 1.54) is 14.1 Å². The Morgan fingerprint density at radius 2 is 1.73 bits per heavy atom. The monoisotopic (exact) mass is 624 g/mol. The van der Waals surface area contributed by atoms with Gasteiger partial charge in [-0.05, 0) is 73.3 Å². The van der Waals surface area contributed by atoms with Gasteiger partial charge < -0.3 is 9.88 Å². The number of hydrogen-bond acceptors (Lipinski definition) is 5. The number of ketones is 1. The van der Waals surface area contributed by atoms with Gasteiger partial charge in [0.25, 0.3) is 5.91 Å². The van der Waals surface area contributed by atoms with Crippen LogP contribution in [0, 0.1) is 17.8 Å². The molecule has 1 saturated carbocycles. The number of rotatable bonds is 10. The first-order valence-electron chi connectivity index (χ1n) is 15.3. The lowest BCUT2D eigenvalue weighted by Gasteiger charge is -2.35. The zero-order valence-corrected chi connectivity index (χ0v) is 26.3. The second-order valence-corrected chi connectivity index (χ2v) is 14.4. The predicted octanol–water partition coefficient (Wildman–Crippen LogP) is 4.61. The summed E-state index contributed by atoms with van der Waals surface area (Å²) in [7, 11) is -1.30. The number of halogens is 1. The van der Waals surface area contributed by atoms with Gasteiger partial charge in [-0.3, -0.25) is 18.8 Å². The van der Waals surface area contributed by atoms with Gasteiger partial charge in [-0.15, -0.1) is 0 Å². The fraction of sp³-hybridized carbons (Fsp3) is 0.485. The van der Waals surface area contributed by atoms with Gasteiger partial charge in [0.15, 0.2) is 5.78 Å². The zero-order chi connectivity index (χ0) is 31.6. The molecule has 0 spiro atoms. The van der Waals surface area contributed by atoms with Crippen molar-refractivity contribution in [3.63, 3.8) is 0 Å². The summed E-state index contributed by atoms with van der Waals surface area (Å²) in [4.78, 5) is 45.3. The third-order valence-corrected chi connectivity index (χ3v) is 10.8. The number of H-pyrrole nitrogens is 1. The van der Waals surface area contributed by atoms with Gasteiger partial charge in [0.1, 0.15) is 5.69 Å². The van der Waals surface area contributed by atoms with E-state index in [2.05, 4.69) is 4.98 Å². The average molecular weight is 625 g/mol. The summed E-state index contributed by atoms with van der Waals surface area (Å²) >= 11 is 0. The molecular weight excluding hydrogens is 583 g/mol. The summed E-state index contributed by atoms with van der Waals surface area (Å²) in [5, 5.41) is 0.668. The van der Waals surface area contributed by atoms with Crippen LogP contribution in [0.15, 0.2) is 54.6 Å². The molecule has 1 aromatic heterocycles. The first-order chi connectivity index (χ1) is 21.0. The van der Waals surface area contributed by atoms with Crippen LogP contribution in [0.5, 0.6) is 0 Å². The van der Waals surface area contributed by atoms with Crippen molar-refractivity contribution in [2.75, 3.05) is 27.3 Å². The summed E-state index contributed by atoms with van der Waals surface area (Å²) in [6.07, 6.45) is 3.90. The van der Waals surface area contributed by atoms with Crippen molar-refractivity contribution in [2.24, 2.45) is 17.8 Å². The van der Waals surface area contributed by atoms with Gasteiger partial charge in [-0.25, -0.2) is 4.72 Å². The molecule has 11 heteroatoms. The van der Waals surface area contributed by atoms with Crippen LogP contribution < -0.4 is 4.72 Å². The third-order valence-electron chi connectivity index (χ3n) is 9.42. The zero-order valence-electron chi connectivity index (χ0n) is 25.5. The highest BCUT2D eigenvalue weighted by Gasteiger charge is 2.44. The Morgan fingerprint density at radius 1 is 1.02 bits per heavy atom. The second-order valence-electron chi connectivity index (χ2n) is 12.5. The smallest absolute Gasteiger partial charge is 0.303 e. The van der Waals surface area contributed by atoms with Crippen LogP contribution in [0.1, 0.15) is 66.6 Å². The number of amides is 2. The Kier molecular flexibility index (Phi) is 9.55. The van der Waals surface area contributed by atoms with E-state index >= 15 is 0 Å². The molecule has 2 aliphatic rings. The first-order valence-corrected chi connectivity index (χ1v) is 16.7. The highest BCUT2D eigenvalue weighted by atomic mass is 32.2. The molecule has 44 heavy (non-hydrogen) atoms. The molecule has 2 amide bonds. The maximum absolute atomic E-state index is 14.1. The summed E-state index contributed by atoms with van der Waals surface area (Å²) < 4.78 is 40.4. The molecule has 2 fully saturated rings. The third kappa shape index (κ3) is 6.73. The highest BCUT2D eigenvalue weighted by Crippen LogP contribution is 2.39. The standard InChI is InChI=1S/C33H41FN4O5S/c1-21(20-34)23-10-12-25(13-11-23)33(41)38-16-15-27(24-7-5-4-6-8-24)31(38)30(39)18-22-9-14-28-26(17-22)19-29(35-28)32(40)36-44(42,43)37(2)3/h4-9,14,17,19,21,23,25,27,31,35H,10-13,15-16,18,20H2,1-3H3,(H,36,40)/t21-,23?,25?,27-,31+/m1/s1. The van der Waals surface area contributed by atoms with E-state index in [0.29, 0.717) is 29.8 Å². The van der Waals surface area contributed by atoms with E-state index in [4.69, 9.17) is 0 Å². The minimum absolute atomic E-state index is 0.00328. The van der Waals surface area contributed by atoms with Gasteiger partial charge in [0, 0.05) is 49.8 Å². The van der Waals surface area contributed by atoms with Gasteiger partial charge in [-0.1, -0.05) is 43.3 Å². The lowest BCUT2D eigenvalue weighted by atomic mass is 9.76. The molecule has 236 valence electrons. The molecule has 3 atom stereocenters. The molecule has 1 saturated heterocycles. The first kappa shape index (κ1) is 31.8. The van der Waals surface area contributed by atoms with Crippen molar-refractivity contribution in [2.45, 2.75) is 57.4 Å². The van der Waals surface area contributed by atoms with Crippen molar-refractivity contribution >= 4 is 38.7 Å². The number of Topliss-reactive ketones (excluding diaryl/α,β-unsaturated/α-hetero) is 1. The van der Waals surface area contributed by atoms with Crippen LogP contribution in [0.3, 0.4) is 0 Å². The van der Waals surface area contributed by atoms with Crippen molar-refractivity contribution in [1.29, 1.82) is 0 Å². The number of benzene rings is 2. The van der Waals surface area contributed by atoms with Gasteiger partial charge in [0.05, 0.1) is 12.7 Å². The van der Waals surface area contributed by atoms with E-state index in [1.807, 2.05) is 48.0 Å². The minimum Gasteiger partial charge on any atom is -0.350 e. The molecule has 9 nitrogen and oxygen atoms in total. The lowest BCUT2D eigenvalue weighted by Crippen LogP contribution is -2.46. The van der Waals surface area contributed by atoms with E-state index in [0.717, 1.165) is 41.1 Å². The SMILES string of the molecule is C[C@H](CF)C1CCC(C(=O)N2CC[C@H](c3ccccc3)[C@H]2C(=O)Cc2ccc3[nH]c(C(=O)NS(=O)(=O)N(C)C)cc3c2)CC1. The summed E-state index contributed by atoms with van der Waals surface area (Å²) in [6, 6.07) is 16.2. The van der Waals surface area contributed by atoms with Gasteiger partial charge in [-0.2, -0.15) is 12.7 Å². The number of likely N-dealkylation sites (tertiary alicyclic amines) is 1. The lowest BCUT2D eigenvalue weighted by molar-refractivity contribution is -0.142. The van der Waals surface area contributed by atoms with Gasteiger partial charge in [0.2, 0.25) is 5.91 Å². The number of carbonyl (C=O) groups is 3. The topological polar surface area (TPSA) is 120 Å². The van der Waals surface area contributed by atoms with Crippen LogP contribution in [0.25, 0.3) is 10.9 Å². The summed E-state index contributed by atoms with van der Waals surface area (Å²) in [6.45, 7) is 2.11. The van der Waals surface area contributed by atoms with E-state index in [9.17, 15) is 27.2 Å². The van der Waals surface area contributed by atoms with E-state index in [-0.39, 0.29) is 48.2 Å². The number of nitrogens with zero attached hydrogens (tertiary/aromatic N) is 2. The van der Waals surface area contributed by atoms with Crippen molar-refractivity contribution in [3.05, 3.63) is 71.4 Å². The molecule has 1 aliphatic heterocycles. The maximum Gasteiger partial charge on any atom is 0.303 e. The Bertz CT molecular complexity index is 1620. The average Bonchev–Trinajstić information content (AvgIpc) is 3.65. The Balaban J connectivity index is 1.35. The van der Waals surface area contributed by atoms with Crippen molar-refractivity contribution in [1.82, 2.24) is 18.9 Å². The van der Waals surface area contributed by atoms with E-state index in [1.54, 1.807) is 23.1 Å². The molecule has 5 rings (SSSR count).